The molecule has 0 saturated heterocycles. The molecular formula is C17H29NO. The van der Waals surface area contributed by atoms with Crippen LogP contribution in [0.25, 0.3) is 0 Å². The van der Waals surface area contributed by atoms with E-state index in [2.05, 4.69) is 52.8 Å². The summed E-state index contributed by atoms with van der Waals surface area (Å²) in [6, 6.07) is 6.74. The van der Waals surface area contributed by atoms with Crippen molar-refractivity contribution in [1.29, 1.82) is 0 Å². The van der Waals surface area contributed by atoms with Crippen molar-refractivity contribution in [1.82, 2.24) is 0 Å². The lowest BCUT2D eigenvalue weighted by Gasteiger charge is -2.24. The van der Waals surface area contributed by atoms with Gasteiger partial charge in [-0.2, -0.15) is 0 Å². The number of hydrogen-bond acceptors (Lipinski definition) is 2. The first-order valence-corrected chi connectivity index (χ1v) is 7.20. The molecule has 0 amide bonds. The molecule has 2 heteroatoms. The van der Waals surface area contributed by atoms with E-state index in [1.54, 1.807) is 0 Å². The molecule has 0 aliphatic rings. The fraction of sp³-hybridized carbons (Fsp3) is 0.647. The third-order valence-corrected chi connectivity index (χ3v) is 4.10. The SMILES string of the molecule is Cc1ccc(C(C)(C)C)cc1CC(C)C(CN)CO. The molecule has 2 nitrogen and oxygen atoms in total. The van der Waals surface area contributed by atoms with Crippen molar-refractivity contribution in [3.63, 3.8) is 0 Å². The van der Waals surface area contributed by atoms with Crippen LogP contribution in [0.1, 0.15) is 44.4 Å². The summed E-state index contributed by atoms with van der Waals surface area (Å²) in [7, 11) is 0. The molecule has 0 aromatic heterocycles. The first-order chi connectivity index (χ1) is 8.79. The van der Waals surface area contributed by atoms with Crippen LogP contribution in [0.3, 0.4) is 0 Å². The Morgan fingerprint density at radius 3 is 2.37 bits per heavy atom. The molecule has 0 heterocycles. The van der Waals surface area contributed by atoms with Crippen LogP contribution in [-0.2, 0) is 11.8 Å². The van der Waals surface area contributed by atoms with Crippen molar-refractivity contribution < 1.29 is 5.11 Å². The number of aryl methyl sites for hydroxylation is 1. The molecule has 0 saturated carbocycles. The molecule has 0 fully saturated rings. The Hall–Kier alpha value is -0.860. The van der Waals surface area contributed by atoms with Gasteiger partial charge in [-0.25, -0.2) is 0 Å². The van der Waals surface area contributed by atoms with E-state index in [1.165, 1.54) is 16.7 Å². The van der Waals surface area contributed by atoms with E-state index in [-0.39, 0.29) is 17.9 Å². The predicted molar refractivity (Wildman–Crippen MR) is 82.4 cm³/mol. The Bertz CT molecular complexity index is 402. The van der Waals surface area contributed by atoms with Crippen molar-refractivity contribution >= 4 is 0 Å². The molecule has 0 aliphatic carbocycles. The van der Waals surface area contributed by atoms with Gasteiger partial charge in [0.05, 0.1) is 0 Å². The topological polar surface area (TPSA) is 46.2 Å². The quantitative estimate of drug-likeness (QED) is 0.857. The second-order valence-electron chi connectivity index (χ2n) is 6.75. The summed E-state index contributed by atoms with van der Waals surface area (Å²) in [4.78, 5) is 0. The maximum absolute atomic E-state index is 9.35. The minimum atomic E-state index is 0.176. The van der Waals surface area contributed by atoms with Gasteiger partial charge in [-0.15, -0.1) is 0 Å². The Kier molecular flexibility index (Phi) is 5.57. The zero-order valence-corrected chi connectivity index (χ0v) is 13.0. The van der Waals surface area contributed by atoms with E-state index in [1.807, 2.05) is 0 Å². The molecule has 108 valence electrons. The van der Waals surface area contributed by atoms with Crippen LogP contribution in [0.4, 0.5) is 0 Å². The van der Waals surface area contributed by atoms with Gasteiger partial charge in [-0.05, 0) is 53.8 Å². The van der Waals surface area contributed by atoms with Crippen molar-refractivity contribution in [2.24, 2.45) is 17.6 Å². The molecule has 0 aliphatic heterocycles. The average molecular weight is 263 g/mol. The minimum absolute atomic E-state index is 0.176. The first kappa shape index (κ1) is 16.2. The lowest BCUT2D eigenvalue weighted by Crippen LogP contribution is -2.26. The van der Waals surface area contributed by atoms with Gasteiger partial charge in [0, 0.05) is 6.61 Å². The Morgan fingerprint density at radius 2 is 1.89 bits per heavy atom. The molecule has 1 aromatic carbocycles. The van der Waals surface area contributed by atoms with Crippen LogP contribution in [0.5, 0.6) is 0 Å². The molecule has 1 aromatic rings. The van der Waals surface area contributed by atoms with Crippen LogP contribution in [0.15, 0.2) is 18.2 Å². The van der Waals surface area contributed by atoms with E-state index in [4.69, 9.17) is 5.73 Å². The van der Waals surface area contributed by atoms with E-state index in [0.717, 1.165) is 6.42 Å². The summed E-state index contributed by atoms with van der Waals surface area (Å²) in [6.45, 7) is 11.8. The standard InChI is InChI=1S/C17H29NO/c1-12-6-7-16(17(3,4)5)9-14(12)8-13(2)15(10-18)11-19/h6-7,9,13,15,19H,8,10-11,18H2,1-5H3. The van der Waals surface area contributed by atoms with Crippen molar-refractivity contribution in [2.45, 2.75) is 46.5 Å². The molecular weight excluding hydrogens is 234 g/mol. The zero-order valence-electron chi connectivity index (χ0n) is 13.0. The highest BCUT2D eigenvalue weighted by Gasteiger charge is 2.18. The lowest BCUT2D eigenvalue weighted by atomic mass is 9.82. The molecule has 19 heavy (non-hydrogen) atoms. The van der Waals surface area contributed by atoms with Gasteiger partial charge in [-0.1, -0.05) is 45.9 Å². The minimum Gasteiger partial charge on any atom is -0.396 e. The summed E-state index contributed by atoms with van der Waals surface area (Å²) < 4.78 is 0. The van der Waals surface area contributed by atoms with Crippen LogP contribution in [0, 0.1) is 18.8 Å². The molecule has 0 bridgehead atoms. The predicted octanol–water partition coefficient (Wildman–Crippen LogP) is 3.04. The zero-order chi connectivity index (χ0) is 14.6. The summed E-state index contributed by atoms with van der Waals surface area (Å²) in [5.41, 5.74) is 9.97. The smallest absolute Gasteiger partial charge is 0.0474 e. The van der Waals surface area contributed by atoms with Crippen molar-refractivity contribution in [2.75, 3.05) is 13.2 Å². The summed E-state index contributed by atoms with van der Waals surface area (Å²) in [5, 5.41) is 9.35. The van der Waals surface area contributed by atoms with Crippen molar-refractivity contribution in [3.05, 3.63) is 34.9 Å². The Labute approximate surface area is 118 Å². The molecule has 0 spiro atoms. The van der Waals surface area contributed by atoms with E-state index < -0.39 is 0 Å². The van der Waals surface area contributed by atoms with Crippen molar-refractivity contribution in [3.8, 4) is 0 Å². The highest BCUT2D eigenvalue weighted by Crippen LogP contribution is 2.26. The van der Waals surface area contributed by atoms with Gasteiger partial charge in [0.25, 0.3) is 0 Å². The van der Waals surface area contributed by atoms with E-state index in [9.17, 15) is 5.11 Å². The first-order valence-electron chi connectivity index (χ1n) is 7.20. The number of aliphatic hydroxyl groups is 1. The van der Waals surface area contributed by atoms with Crippen LogP contribution < -0.4 is 5.73 Å². The molecule has 1 rings (SSSR count). The number of aliphatic hydroxyl groups excluding tert-OH is 1. The largest absolute Gasteiger partial charge is 0.396 e. The fourth-order valence-corrected chi connectivity index (χ4v) is 2.36. The highest BCUT2D eigenvalue weighted by molar-refractivity contribution is 5.34. The van der Waals surface area contributed by atoms with Crippen LogP contribution in [-0.4, -0.2) is 18.3 Å². The number of benzene rings is 1. The second-order valence-corrected chi connectivity index (χ2v) is 6.75. The highest BCUT2D eigenvalue weighted by atomic mass is 16.3. The molecule has 0 radical (unpaired) electrons. The number of nitrogens with two attached hydrogens (primary N) is 1. The van der Waals surface area contributed by atoms with Gasteiger partial charge in [0.1, 0.15) is 0 Å². The number of hydrogen-bond donors (Lipinski definition) is 2. The molecule has 2 unspecified atom stereocenters. The third kappa shape index (κ3) is 4.32. The lowest BCUT2D eigenvalue weighted by molar-refractivity contribution is 0.187. The van der Waals surface area contributed by atoms with E-state index >= 15 is 0 Å². The average Bonchev–Trinajstić information content (AvgIpc) is 2.32. The second kappa shape index (κ2) is 6.53. The maximum atomic E-state index is 9.35. The van der Waals surface area contributed by atoms with E-state index in [0.29, 0.717) is 12.5 Å². The molecule has 2 atom stereocenters. The van der Waals surface area contributed by atoms with Gasteiger partial charge < -0.3 is 10.8 Å². The maximum Gasteiger partial charge on any atom is 0.0474 e. The fourth-order valence-electron chi connectivity index (χ4n) is 2.36. The summed E-state index contributed by atoms with van der Waals surface area (Å²) in [5.74, 6) is 0.599. The summed E-state index contributed by atoms with van der Waals surface area (Å²) >= 11 is 0. The van der Waals surface area contributed by atoms with Crippen LogP contribution >= 0.6 is 0 Å². The summed E-state index contributed by atoms with van der Waals surface area (Å²) in [6.07, 6.45) is 0.984. The van der Waals surface area contributed by atoms with Gasteiger partial charge in [-0.3, -0.25) is 0 Å². The third-order valence-electron chi connectivity index (χ3n) is 4.10. The Balaban J connectivity index is 2.94. The molecule has 3 N–H and O–H groups in total. The normalized spacial score (nSPS) is 15.3. The monoisotopic (exact) mass is 263 g/mol. The van der Waals surface area contributed by atoms with Crippen LogP contribution in [0.2, 0.25) is 0 Å². The van der Waals surface area contributed by atoms with Gasteiger partial charge in [0.15, 0.2) is 0 Å². The van der Waals surface area contributed by atoms with Gasteiger partial charge >= 0.3 is 0 Å². The van der Waals surface area contributed by atoms with Gasteiger partial charge in [0.2, 0.25) is 0 Å². The number of rotatable bonds is 5. The Morgan fingerprint density at radius 1 is 1.26 bits per heavy atom.